The lowest BCUT2D eigenvalue weighted by Gasteiger charge is -2.34. The van der Waals surface area contributed by atoms with E-state index >= 15 is 0 Å². The first-order chi connectivity index (χ1) is 17.1. The molecule has 3 aromatic rings. The van der Waals surface area contributed by atoms with Gasteiger partial charge >= 0.3 is 0 Å². The molecule has 0 bridgehead atoms. The van der Waals surface area contributed by atoms with E-state index in [0.717, 1.165) is 42.4 Å². The zero-order valence-corrected chi connectivity index (χ0v) is 19.8. The number of aromatic nitrogens is 1. The maximum absolute atomic E-state index is 12.9. The smallest absolute Gasteiger partial charge is 0.270 e. The van der Waals surface area contributed by atoms with Crippen molar-refractivity contribution in [3.05, 3.63) is 71.4 Å². The van der Waals surface area contributed by atoms with Crippen LogP contribution in [0.2, 0.25) is 0 Å². The van der Waals surface area contributed by atoms with Gasteiger partial charge in [-0.15, -0.1) is 0 Å². The monoisotopic (exact) mass is 473 g/mol. The molecular weight excluding hydrogens is 442 g/mol. The van der Waals surface area contributed by atoms with Crippen molar-refractivity contribution in [1.29, 1.82) is 0 Å². The Labute approximate surface area is 204 Å². The molecule has 0 saturated carbocycles. The third kappa shape index (κ3) is 5.38. The highest BCUT2D eigenvalue weighted by Crippen LogP contribution is 2.17. The van der Waals surface area contributed by atoms with E-state index in [2.05, 4.69) is 15.2 Å². The van der Waals surface area contributed by atoms with Gasteiger partial charge in [-0.25, -0.2) is 0 Å². The predicted octanol–water partition coefficient (Wildman–Crippen LogP) is 2.48. The second kappa shape index (κ2) is 10.3. The van der Waals surface area contributed by atoms with Crippen molar-refractivity contribution in [2.45, 2.75) is 19.4 Å². The lowest BCUT2D eigenvalue weighted by molar-refractivity contribution is -0.122. The summed E-state index contributed by atoms with van der Waals surface area (Å²) in [5.74, 6) is 0.0369. The first-order valence-electron chi connectivity index (χ1n) is 12.3. The molecule has 2 aromatic carbocycles. The van der Waals surface area contributed by atoms with Crippen molar-refractivity contribution in [2.24, 2.45) is 0 Å². The summed E-state index contributed by atoms with van der Waals surface area (Å²) in [5, 5.41) is 3.99. The van der Waals surface area contributed by atoms with Crippen molar-refractivity contribution in [3.63, 3.8) is 0 Å². The van der Waals surface area contributed by atoms with Crippen molar-refractivity contribution in [2.75, 3.05) is 45.8 Å². The van der Waals surface area contributed by atoms with Crippen LogP contribution in [0.4, 0.5) is 0 Å². The van der Waals surface area contributed by atoms with Crippen molar-refractivity contribution in [3.8, 4) is 0 Å². The average Bonchev–Trinajstić information content (AvgIpc) is 3.58. The minimum atomic E-state index is -0.0439. The average molecular weight is 474 g/mol. The molecule has 3 amide bonds. The summed E-state index contributed by atoms with van der Waals surface area (Å²) < 4.78 is 0. The molecule has 2 aliphatic rings. The zero-order valence-electron chi connectivity index (χ0n) is 19.8. The molecule has 2 N–H and O–H groups in total. The second-order valence-corrected chi connectivity index (χ2v) is 9.31. The molecule has 0 atom stereocenters. The van der Waals surface area contributed by atoms with Gasteiger partial charge in [0, 0.05) is 62.3 Å². The van der Waals surface area contributed by atoms with Crippen LogP contribution in [-0.4, -0.2) is 83.2 Å². The summed E-state index contributed by atoms with van der Waals surface area (Å²) in [6.45, 7) is 4.90. The molecule has 2 saturated heterocycles. The van der Waals surface area contributed by atoms with Gasteiger partial charge in [0.1, 0.15) is 5.69 Å². The molecule has 3 heterocycles. The summed E-state index contributed by atoms with van der Waals surface area (Å²) in [6, 6.07) is 17.2. The van der Waals surface area contributed by atoms with E-state index < -0.39 is 0 Å². The Bertz CT molecular complexity index is 1170. The Morgan fingerprint density at radius 3 is 2.20 bits per heavy atom. The molecule has 0 radical (unpaired) electrons. The van der Waals surface area contributed by atoms with Gasteiger partial charge in [-0.1, -0.05) is 30.3 Å². The largest absolute Gasteiger partial charge is 0.351 e. The van der Waals surface area contributed by atoms with Crippen LogP contribution in [0.25, 0.3) is 10.9 Å². The molecule has 2 aliphatic heterocycles. The number of rotatable bonds is 6. The molecule has 182 valence electrons. The number of piperazine rings is 1. The standard InChI is InChI=1S/C27H31N5O3/c33-25(28-18-20-7-9-21(10-8-20)26(34)31-11-3-4-12-31)19-30-13-15-32(16-14-30)27(35)24-17-22-5-1-2-6-23(22)29-24/h1-2,5-10,17,29H,3-4,11-16,18-19H2,(H,28,33). The fourth-order valence-corrected chi connectivity index (χ4v) is 4.80. The SMILES string of the molecule is O=C(CN1CCN(C(=O)c2cc3ccccc3[nH]2)CC1)NCc1ccc(C(=O)N2CCCC2)cc1. The zero-order chi connectivity index (χ0) is 24.2. The Balaban J connectivity index is 1.05. The van der Waals surface area contributed by atoms with Crippen LogP contribution < -0.4 is 5.32 Å². The van der Waals surface area contributed by atoms with Crippen LogP contribution in [0.1, 0.15) is 39.3 Å². The number of amides is 3. The van der Waals surface area contributed by atoms with Gasteiger partial charge in [0.2, 0.25) is 5.91 Å². The minimum absolute atomic E-state index is 0.00281. The molecule has 35 heavy (non-hydrogen) atoms. The lowest BCUT2D eigenvalue weighted by atomic mass is 10.1. The first-order valence-corrected chi connectivity index (χ1v) is 12.3. The Kier molecular flexibility index (Phi) is 6.81. The van der Waals surface area contributed by atoms with Crippen LogP contribution in [0.5, 0.6) is 0 Å². The summed E-state index contributed by atoms with van der Waals surface area (Å²) in [4.78, 5) is 46.8. The Hall–Kier alpha value is -3.65. The van der Waals surface area contributed by atoms with Gasteiger partial charge in [0.15, 0.2) is 0 Å². The third-order valence-electron chi connectivity index (χ3n) is 6.87. The number of aromatic amines is 1. The number of benzene rings is 2. The molecule has 0 unspecified atom stereocenters. The Morgan fingerprint density at radius 1 is 0.800 bits per heavy atom. The van der Waals surface area contributed by atoms with E-state index in [0.29, 0.717) is 50.5 Å². The summed E-state index contributed by atoms with van der Waals surface area (Å²) in [7, 11) is 0. The van der Waals surface area contributed by atoms with Crippen molar-refractivity contribution < 1.29 is 14.4 Å². The van der Waals surface area contributed by atoms with E-state index in [-0.39, 0.29) is 17.7 Å². The van der Waals surface area contributed by atoms with E-state index in [9.17, 15) is 14.4 Å². The Morgan fingerprint density at radius 2 is 1.49 bits per heavy atom. The molecule has 2 fully saturated rings. The fourth-order valence-electron chi connectivity index (χ4n) is 4.80. The number of fused-ring (bicyclic) bond motifs is 1. The molecule has 1 aromatic heterocycles. The number of likely N-dealkylation sites (tertiary alicyclic amines) is 1. The lowest BCUT2D eigenvalue weighted by Crippen LogP contribution is -2.51. The number of hydrogen-bond acceptors (Lipinski definition) is 4. The fraction of sp³-hybridized carbons (Fsp3) is 0.370. The van der Waals surface area contributed by atoms with E-state index in [1.54, 1.807) is 0 Å². The topological polar surface area (TPSA) is 88.7 Å². The molecular formula is C27H31N5O3. The molecule has 5 rings (SSSR count). The minimum Gasteiger partial charge on any atom is -0.351 e. The van der Waals surface area contributed by atoms with Crippen LogP contribution in [-0.2, 0) is 11.3 Å². The quantitative estimate of drug-likeness (QED) is 0.576. The summed E-state index contributed by atoms with van der Waals surface area (Å²) in [6.07, 6.45) is 2.15. The highest BCUT2D eigenvalue weighted by molar-refractivity contribution is 5.98. The van der Waals surface area contributed by atoms with Crippen molar-refractivity contribution >= 4 is 28.6 Å². The van der Waals surface area contributed by atoms with E-state index in [1.165, 1.54) is 0 Å². The number of H-pyrrole nitrogens is 1. The third-order valence-corrected chi connectivity index (χ3v) is 6.87. The molecule has 0 aliphatic carbocycles. The second-order valence-electron chi connectivity index (χ2n) is 9.31. The normalized spacial score (nSPS) is 16.6. The van der Waals surface area contributed by atoms with Crippen molar-refractivity contribution in [1.82, 2.24) is 25.0 Å². The number of nitrogens with one attached hydrogen (secondary N) is 2. The first kappa shape index (κ1) is 23.1. The van der Waals surface area contributed by atoms with E-state index in [4.69, 9.17) is 0 Å². The van der Waals surface area contributed by atoms with Crippen LogP contribution in [0.3, 0.4) is 0 Å². The van der Waals surface area contributed by atoms with Gasteiger partial charge in [0.05, 0.1) is 6.54 Å². The van der Waals surface area contributed by atoms with Crippen LogP contribution in [0, 0.1) is 0 Å². The predicted molar refractivity (Wildman–Crippen MR) is 134 cm³/mol. The van der Waals surface area contributed by atoms with Crippen LogP contribution >= 0.6 is 0 Å². The van der Waals surface area contributed by atoms with Crippen LogP contribution in [0.15, 0.2) is 54.6 Å². The number of para-hydroxylation sites is 1. The highest BCUT2D eigenvalue weighted by Gasteiger charge is 2.24. The maximum Gasteiger partial charge on any atom is 0.270 e. The van der Waals surface area contributed by atoms with Gasteiger partial charge in [-0.05, 0) is 42.7 Å². The maximum atomic E-state index is 12.9. The van der Waals surface area contributed by atoms with Gasteiger partial charge in [-0.2, -0.15) is 0 Å². The van der Waals surface area contributed by atoms with Gasteiger partial charge < -0.3 is 20.1 Å². The van der Waals surface area contributed by atoms with Gasteiger partial charge in [0.25, 0.3) is 11.8 Å². The summed E-state index contributed by atoms with van der Waals surface area (Å²) >= 11 is 0. The number of carbonyl (C=O) groups is 3. The van der Waals surface area contributed by atoms with E-state index in [1.807, 2.05) is 64.4 Å². The number of hydrogen-bond donors (Lipinski definition) is 2. The summed E-state index contributed by atoms with van der Waals surface area (Å²) in [5.41, 5.74) is 3.22. The number of carbonyl (C=O) groups excluding carboxylic acids is 3. The molecule has 8 heteroatoms. The molecule has 0 spiro atoms. The molecule has 8 nitrogen and oxygen atoms in total. The highest BCUT2D eigenvalue weighted by atomic mass is 16.2. The number of nitrogens with zero attached hydrogens (tertiary/aromatic N) is 3. The van der Waals surface area contributed by atoms with Gasteiger partial charge in [-0.3, -0.25) is 19.3 Å².